The fourth-order valence-corrected chi connectivity index (χ4v) is 2.48. The molecule has 0 aliphatic heterocycles. The third kappa shape index (κ3) is 10.3. The van der Waals surface area contributed by atoms with Crippen molar-refractivity contribution in [2.24, 2.45) is 4.99 Å². The smallest absolute Gasteiger partial charge is 0.242 e. The number of ether oxygens (including phenoxy) is 2. The molecule has 0 bridgehead atoms. The number of benzene rings is 2. The zero-order valence-corrected chi connectivity index (χ0v) is 19.8. The summed E-state index contributed by atoms with van der Waals surface area (Å²) in [6.45, 7) is 4.54. The van der Waals surface area contributed by atoms with Gasteiger partial charge in [-0.15, -0.1) is 24.0 Å². The zero-order valence-electron chi connectivity index (χ0n) is 17.5. The molecule has 8 heteroatoms. The summed E-state index contributed by atoms with van der Waals surface area (Å²) in [5.74, 6) is 2.14. The van der Waals surface area contributed by atoms with Crippen molar-refractivity contribution < 1.29 is 14.3 Å². The van der Waals surface area contributed by atoms with E-state index in [1.807, 2.05) is 61.5 Å². The van der Waals surface area contributed by atoms with Crippen LogP contribution in [0.25, 0.3) is 0 Å². The summed E-state index contributed by atoms with van der Waals surface area (Å²) < 4.78 is 10.8. The second-order valence-corrected chi connectivity index (χ2v) is 6.26. The van der Waals surface area contributed by atoms with E-state index in [-0.39, 0.29) is 36.4 Å². The van der Waals surface area contributed by atoms with Gasteiger partial charge in [0.05, 0.1) is 13.7 Å². The Morgan fingerprint density at radius 1 is 0.967 bits per heavy atom. The van der Waals surface area contributed by atoms with Crippen molar-refractivity contribution in [1.29, 1.82) is 0 Å². The molecule has 0 aromatic heterocycles. The first kappa shape index (κ1) is 25.5. The Morgan fingerprint density at radius 2 is 1.70 bits per heavy atom. The van der Waals surface area contributed by atoms with Crippen LogP contribution >= 0.6 is 24.0 Å². The van der Waals surface area contributed by atoms with Crippen LogP contribution in [0.15, 0.2) is 59.6 Å². The van der Waals surface area contributed by atoms with Crippen LogP contribution in [0.5, 0.6) is 11.5 Å². The van der Waals surface area contributed by atoms with Crippen LogP contribution in [-0.2, 0) is 11.3 Å². The number of para-hydroxylation sites is 1. The van der Waals surface area contributed by atoms with Gasteiger partial charge < -0.3 is 25.4 Å². The fourth-order valence-electron chi connectivity index (χ4n) is 2.48. The van der Waals surface area contributed by atoms with Crippen molar-refractivity contribution in [3.8, 4) is 11.5 Å². The van der Waals surface area contributed by atoms with Gasteiger partial charge in [-0.05, 0) is 43.2 Å². The standard InChI is InChI=1S/C22H30N4O3.HI/c1-3-23-22(24-14-7-15-29-20-8-5-4-6-9-20)26-17-21(27)25-16-18-10-12-19(28-2)13-11-18;/h4-6,8-13H,3,7,14-17H2,1-2H3,(H,25,27)(H2,23,24,26);1H. The van der Waals surface area contributed by atoms with Crippen molar-refractivity contribution in [3.05, 3.63) is 60.2 Å². The van der Waals surface area contributed by atoms with Crippen molar-refractivity contribution in [3.63, 3.8) is 0 Å². The molecular weight excluding hydrogens is 495 g/mol. The summed E-state index contributed by atoms with van der Waals surface area (Å²) in [6, 6.07) is 17.3. The van der Waals surface area contributed by atoms with Crippen molar-refractivity contribution in [2.45, 2.75) is 19.9 Å². The molecule has 0 unspecified atom stereocenters. The molecule has 2 aromatic carbocycles. The number of methoxy groups -OCH3 is 1. The predicted octanol–water partition coefficient (Wildman–Crippen LogP) is 2.95. The van der Waals surface area contributed by atoms with Crippen molar-refractivity contribution in [2.75, 3.05) is 33.4 Å². The number of rotatable bonds is 11. The molecule has 2 rings (SSSR count). The number of hydrogen-bond donors (Lipinski definition) is 3. The first-order chi connectivity index (χ1) is 14.2. The Hall–Kier alpha value is -2.49. The fraction of sp³-hybridized carbons (Fsp3) is 0.364. The number of amides is 1. The quantitative estimate of drug-likeness (QED) is 0.182. The van der Waals surface area contributed by atoms with Crippen LogP contribution in [0, 0.1) is 0 Å². The van der Waals surface area contributed by atoms with Crippen LogP contribution in [0.2, 0.25) is 0 Å². The third-order valence-corrected chi connectivity index (χ3v) is 4.00. The van der Waals surface area contributed by atoms with E-state index in [4.69, 9.17) is 9.47 Å². The molecule has 0 atom stereocenters. The average molecular weight is 526 g/mol. The Kier molecular flexibility index (Phi) is 13.1. The maximum Gasteiger partial charge on any atom is 0.242 e. The molecule has 0 heterocycles. The molecule has 2 aromatic rings. The van der Waals surface area contributed by atoms with Crippen molar-refractivity contribution in [1.82, 2.24) is 16.0 Å². The first-order valence-electron chi connectivity index (χ1n) is 9.81. The lowest BCUT2D eigenvalue weighted by Gasteiger charge is -2.12. The highest BCUT2D eigenvalue weighted by Gasteiger charge is 2.03. The predicted molar refractivity (Wildman–Crippen MR) is 131 cm³/mol. The van der Waals surface area contributed by atoms with E-state index in [0.717, 1.165) is 30.0 Å². The second kappa shape index (κ2) is 15.4. The number of nitrogens with zero attached hydrogens (tertiary/aromatic N) is 1. The monoisotopic (exact) mass is 526 g/mol. The van der Waals surface area contributed by atoms with Gasteiger partial charge in [-0.3, -0.25) is 4.79 Å². The minimum Gasteiger partial charge on any atom is -0.497 e. The molecule has 30 heavy (non-hydrogen) atoms. The highest BCUT2D eigenvalue weighted by Crippen LogP contribution is 2.11. The van der Waals surface area contributed by atoms with Crippen LogP contribution < -0.4 is 25.4 Å². The summed E-state index contributed by atoms with van der Waals surface area (Å²) in [6.07, 6.45) is 0.822. The van der Waals surface area contributed by atoms with E-state index < -0.39 is 0 Å². The zero-order chi connectivity index (χ0) is 20.7. The summed E-state index contributed by atoms with van der Waals surface area (Å²) in [7, 11) is 1.63. The number of aliphatic imine (C=N–C) groups is 1. The van der Waals surface area contributed by atoms with Gasteiger partial charge >= 0.3 is 0 Å². The SMILES string of the molecule is CCNC(=NCC(=O)NCc1ccc(OC)cc1)NCCCOc1ccccc1.I. The van der Waals surface area contributed by atoms with Crippen LogP contribution in [-0.4, -0.2) is 45.2 Å². The highest BCUT2D eigenvalue weighted by molar-refractivity contribution is 14.0. The molecule has 164 valence electrons. The molecule has 7 nitrogen and oxygen atoms in total. The molecule has 0 aliphatic carbocycles. The topological polar surface area (TPSA) is 84.0 Å². The Bertz CT molecular complexity index is 755. The van der Waals surface area contributed by atoms with Gasteiger partial charge in [0.2, 0.25) is 5.91 Å². The summed E-state index contributed by atoms with van der Waals surface area (Å²) >= 11 is 0. The molecular formula is C22H31IN4O3. The molecule has 0 radical (unpaired) electrons. The Balaban J connectivity index is 0.00000450. The molecule has 0 saturated heterocycles. The van der Waals surface area contributed by atoms with Gasteiger partial charge in [-0.25, -0.2) is 4.99 Å². The van der Waals surface area contributed by atoms with Gasteiger partial charge in [-0.1, -0.05) is 30.3 Å². The first-order valence-corrected chi connectivity index (χ1v) is 9.81. The van der Waals surface area contributed by atoms with Crippen molar-refractivity contribution >= 4 is 35.8 Å². The van der Waals surface area contributed by atoms with Crippen LogP contribution in [0.3, 0.4) is 0 Å². The average Bonchev–Trinajstić information content (AvgIpc) is 2.76. The molecule has 0 spiro atoms. The lowest BCUT2D eigenvalue weighted by Crippen LogP contribution is -2.39. The van der Waals surface area contributed by atoms with E-state index in [0.29, 0.717) is 25.7 Å². The summed E-state index contributed by atoms with van der Waals surface area (Å²) in [4.78, 5) is 16.4. The van der Waals surface area contributed by atoms with E-state index in [9.17, 15) is 4.79 Å². The molecule has 3 N–H and O–H groups in total. The van der Waals surface area contributed by atoms with Gasteiger partial charge in [0, 0.05) is 19.6 Å². The number of halogens is 1. The highest BCUT2D eigenvalue weighted by atomic mass is 127. The molecule has 0 fully saturated rings. The number of guanidine groups is 1. The number of hydrogen-bond acceptors (Lipinski definition) is 4. The number of carbonyl (C=O) groups excluding carboxylic acids is 1. The second-order valence-electron chi connectivity index (χ2n) is 6.26. The Labute approximate surface area is 195 Å². The lowest BCUT2D eigenvalue weighted by atomic mass is 10.2. The summed E-state index contributed by atoms with van der Waals surface area (Å²) in [5, 5.41) is 9.22. The van der Waals surface area contributed by atoms with E-state index in [1.54, 1.807) is 7.11 Å². The van der Waals surface area contributed by atoms with Crippen LogP contribution in [0.1, 0.15) is 18.9 Å². The largest absolute Gasteiger partial charge is 0.497 e. The molecule has 1 amide bonds. The maximum atomic E-state index is 12.1. The van der Waals surface area contributed by atoms with Gasteiger partial charge in [0.25, 0.3) is 0 Å². The molecule has 0 saturated carbocycles. The minimum atomic E-state index is -0.134. The normalized spacial score (nSPS) is 10.5. The van der Waals surface area contributed by atoms with Gasteiger partial charge in [0.15, 0.2) is 5.96 Å². The molecule has 0 aliphatic rings. The van der Waals surface area contributed by atoms with Crippen LogP contribution in [0.4, 0.5) is 0 Å². The van der Waals surface area contributed by atoms with E-state index >= 15 is 0 Å². The Morgan fingerprint density at radius 3 is 2.37 bits per heavy atom. The van der Waals surface area contributed by atoms with Gasteiger partial charge in [0.1, 0.15) is 18.0 Å². The lowest BCUT2D eigenvalue weighted by molar-refractivity contribution is -0.119. The summed E-state index contributed by atoms with van der Waals surface area (Å²) in [5.41, 5.74) is 1.01. The van der Waals surface area contributed by atoms with Gasteiger partial charge in [-0.2, -0.15) is 0 Å². The third-order valence-electron chi connectivity index (χ3n) is 4.00. The van der Waals surface area contributed by atoms with E-state index in [2.05, 4.69) is 20.9 Å². The van der Waals surface area contributed by atoms with E-state index in [1.165, 1.54) is 0 Å². The number of carbonyl (C=O) groups is 1. The maximum absolute atomic E-state index is 12.1. The number of nitrogens with one attached hydrogen (secondary N) is 3. The minimum absolute atomic E-state index is 0.